The van der Waals surface area contributed by atoms with Crippen LogP contribution in [0, 0.1) is 11.2 Å². The summed E-state index contributed by atoms with van der Waals surface area (Å²) in [7, 11) is 0. The Bertz CT molecular complexity index is 371. The van der Waals surface area contributed by atoms with Gasteiger partial charge in [0.05, 0.1) is 5.41 Å². The molecular formula is C11H11FO2. The Morgan fingerprint density at radius 1 is 1.50 bits per heavy atom. The Morgan fingerprint density at radius 3 is 2.50 bits per heavy atom. The first-order valence-electron chi connectivity index (χ1n) is 4.53. The minimum absolute atomic E-state index is 0.0422. The van der Waals surface area contributed by atoms with Crippen LogP contribution in [0.15, 0.2) is 24.3 Å². The third kappa shape index (κ3) is 1.29. The topological polar surface area (TPSA) is 37.3 Å². The average molecular weight is 194 g/mol. The van der Waals surface area contributed by atoms with E-state index < -0.39 is 11.4 Å². The molecule has 0 amide bonds. The van der Waals surface area contributed by atoms with Crippen molar-refractivity contribution >= 4 is 5.97 Å². The van der Waals surface area contributed by atoms with E-state index in [2.05, 4.69) is 0 Å². The first-order valence-corrected chi connectivity index (χ1v) is 4.53. The lowest BCUT2D eigenvalue weighted by molar-refractivity contribution is -0.142. The molecule has 1 aliphatic carbocycles. The van der Waals surface area contributed by atoms with Gasteiger partial charge in [0.15, 0.2) is 0 Å². The molecule has 0 saturated heterocycles. The van der Waals surface area contributed by atoms with Crippen molar-refractivity contribution in [3.63, 3.8) is 0 Å². The number of hydrogen-bond donors (Lipinski definition) is 1. The van der Waals surface area contributed by atoms with Gasteiger partial charge in [0.1, 0.15) is 5.82 Å². The normalized spacial score (nSPS) is 30.0. The van der Waals surface area contributed by atoms with E-state index in [4.69, 9.17) is 5.11 Å². The number of hydrogen-bond acceptors (Lipinski definition) is 1. The molecule has 2 unspecified atom stereocenters. The molecular weight excluding hydrogens is 183 g/mol. The second-order valence-electron chi connectivity index (χ2n) is 4.03. The molecule has 1 fully saturated rings. The zero-order valence-electron chi connectivity index (χ0n) is 7.83. The highest BCUT2D eigenvalue weighted by Gasteiger charge is 2.56. The molecule has 0 heterocycles. The monoisotopic (exact) mass is 194 g/mol. The van der Waals surface area contributed by atoms with Gasteiger partial charge in [-0.1, -0.05) is 12.1 Å². The van der Waals surface area contributed by atoms with Gasteiger partial charge in [-0.3, -0.25) is 4.79 Å². The van der Waals surface area contributed by atoms with Crippen LogP contribution in [0.4, 0.5) is 4.39 Å². The quantitative estimate of drug-likeness (QED) is 0.784. The predicted molar refractivity (Wildman–Crippen MR) is 49.5 cm³/mol. The molecule has 2 nitrogen and oxygen atoms in total. The third-order valence-electron chi connectivity index (χ3n) is 3.00. The van der Waals surface area contributed by atoms with E-state index in [-0.39, 0.29) is 11.7 Å². The van der Waals surface area contributed by atoms with Gasteiger partial charge in [-0.05, 0) is 31.0 Å². The number of benzene rings is 1. The van der Waals surface area contributed by atoms with Crippen LogP contribution in [0.3, 0.4) is 0 Å². The predicted octanol–water partition coefficient (Wildman–Crippen LogP) is 2.40. The number of halogens is 1. The fraction of sp³-hybridized carbons (Fsp3) is 0.364. The largest absolute Gasteiger partial charge is 0.481 e. The average Bonchev–Trinajstić information content (AvgIpc) is 2.81. The maximum absolute atomic E-state index is 12.6. The summed E-state index contributed by atoms with van der Waals surface area (Å²) < 4.78 is 12.6. The fourth-order valence-corrected chi connectivity index (χ4v) is 1.78. The van der Waals surface area contributed by atoms with Gasteiger partial charge < -0.3 is 5.11 Å². The number of aliphatic carboxylic acids is 1. The van der Waals surface area contributed by atoms with Crippen LogP contribution >= 0.6 is 0 Å². The maximum Gasteiger partial charge on any atom is 0.309 e. The summed E-state index contributed by atoms with van der Waals surface area (Å²) in [5.74, 6) is -1.01. The van der Waals surface area contributed by atoms with Crippen molar-refractivity contribution in [2.24, 2.45) is 5.41 Å². The molecule has 1 aliphatic rings. The van der Waals surface area contributed by atoms with E-state index in [1.165, 1.54) is 12.1 Å². The number of carbonyl (C=O) groups is 1. The summed E-state index contributed by atoms with van der Waals surface area (Å²) in [6, 6.07) is 6.06. The van der Waals surface area contributed by atoms with E-state index >= 15 is 0 Å². The minimum atomic E-state index is -0.771. The van der Waals surface area contributed by atoms with Gasteiger partial charge in [0.2, 0.25) is 0 Å². The first kappa shape index (κ1) is 9.19. The van der Waals surface area contributed by atoms with E-state index in [1.54, 1.807) is 19.1 Å². The minimum Gasteiger partial charge on any atom is -0.481 e. The lowest BCUT2D eigenvalue weighted by Crippen LogP contribution is -2.12. The highest BCUT2D eigenvalue weighted by molar-refractivity contribution is 5.79. The van der Waals surface area contributed by atoms with Crippen molar-refractivity contribution in [2.45, 2.75) is 19.3 Å². The van der Waals surface area contributed by atoms with Crippen LogP contribution in [-0.4, -0.2) is 11.1 Å². The van der Waals surface area contributed by atoms with Crippen LogP contribution in [0.1, 0.15) is 24.8 Å². The molecule has 0 aliphatic heterocycles. The zero-order valence-corrected chi connectivity index (χ0v) is 7.83. The molecule has 1 saturated carbocycles. The van der Waals surface area contributed by atoms with E-state index in [0.29, 0.717) is 6.42 Å². The number of carboxylic acids is 1. The lowest BCUT2D eigenvalue weighted by atomic mass is 10.0. The summed E-state index contributed by atoms with van der Waals surface area (Å²) in [5, 5.41) is 8.92. The Hall–Kier alpha value is -1.38. The summed E-state index contributed by atoms with van der Waals surface area (Å²) >= 11 is 0. The fourth-order valence-electron chi connectivity index (χ4n) is 1.78. The second-order valence-corrected chi connectivity index (χ2v) is 4.03. The Balaban J connectivity index is 2.21. The molecule has 1 aromatic rings. The summed E-state index contributed by atoms with van der Waals surface area (Å²) in [6.45, 7) is 1.73. The Morgan fingerprint density at radius 2 is 2.07 bits per heavy atom. The molecule has 14 heavy (non-hydrogen) atoms. The van der Waals surface area contributed by atoms with Crippen molar-refractivity contribution in [2.75, 3.05) is 0 Å². The molecule has 0 radical (unpaired) electrons. The van der Waals surface area contributed by atoms with Gasteiger partial charge >= 0.3 is 5.97 Å². The SMILES string of the molecule is CC1(C(=O)O)CC1c1ccc(F)cc1. The second kappa shape index (κ2) is 2.80. The van der Waals surface area contributed by atoms with E-state index in [0.717, 1.165) is 5.56 Å². The molecule has 1 aromatic carbocycles. The van der Waals surface area contributed by atoms with Crippen LogP contribution in [-0.2, 0) is 4.79 Å². The molecule has 0 aromatic heterocycles. The van der Waals surface area contributed by atoms with E-state index in [1.807, 2.05) is 0 Å². The van der Waals surface area contributed by atoms with Crippen LogP contribution in [0.25, 0.3) is 0 Å². The summed E-state index contributed by atoms with van der Waals surface area (Å²) in [6.07, 6.45) is 0.647. The Labute approximate surface area is 81.4 Å². The maximum atomic E-state index is 12.6. The number of rotatable bonds is 2. The van der Waals surface area contributed by atoms with Crippen LogP contribution in [0.5, 0.6) is 0 Å². The Kier molecular flexibility index (Phi) is 1.84. The van der Waals surface area contributed by atoms with Crippen molar-refractivity contribution in [1.29, 1.82) is 0 Å². The van der Waals surface area contributed by atoms with Crippen molar-refractivity contribution in [3.8, 4) is 0 Å². The zero-order chi connectivity index (χ0) is 10.3. The van der Waals surface area contributed by atoms with Crippen molar-refractivity contribution in [1.82, 2.24) is 0 Å². The van der Waals surface area contributed by atoms with Gasteiger partial charge in [0.25, 0.3) is 0 Å². The molecule has 1 N–H and O–H groups in total. The molecule has 2 rings (SSSR count). The van der Waals surface area contributed by atoms with Crippen molar-refractivity contribution in [3.05, 3.63) is 35.6 Å². The van der Waals surface area contributed by atoms with Crippen LogP contribution < -0.4 is 0 Å². The smallest absolute Gasteiger partial charge is 0.309 e. The molecule has 2 atom stereocenters. The molecule has 74 valence electrons. The van der Waals surface area contributed by atoms with Crippen molar-refractivity contribution < 1.29 is 14.3 Å². The number of carboxylic acid groups (broad SMARTS) is 1. The molecule has 3 heteroatoms. The molecule has 0 spiro atoms. The van der Waals surface area contributed by atoms with Gasteiger partial charge in [-0.25, -0.2) is 4.39 Å². The highest BCUT2D eigenvalue weighted by Crippen LogP contribution is 2.59. The highest BCUT2D eigenvalue weighted by atomic mass is 19.1. The first-order chi connectivity index (χ1) is 6.54. The third-order valence-corrected chi connectivity index (χ3v) is 3.00. The molecule has 0 bridgehead atoms. The van der Waals surface area contributed by atoms with E-state index in [9.17, 15) is 9.18 Å². The lowest BCUT2D eigenvalue weighted by Gasteiger charge is -2.04. The van der Waals surface area contributed by atoms with Gasteiger partial charge in [0, 0.05) is 5.92 Å². The van der Waals surface area contributed by atoms with Crippen LogP contribution in [0.2, 0.25) is 0 Å². The van der Waals surface area contributed by atoms with Gasteiger partial charge in [-0.15, -0.1) is 0 Å². The summed E-state index contributed by atoms with van der Waals surface area (Å²) in [4.78, 5) is 10.9. The standard InChI is InChI=1S/C11H11FO2/c1-11(10(13)14)6-9(11)7-2-4-8(12)5-3-7/h2-5,9H,6H2,1H3,(H,13,14). The summed E-state index contributed by atoms with van der Waals surface area (Å²) in [5.41, 5.74) is 0.272. The van der Waals surface area contributed by atoms with Gasteiger partial charge in [-0.2, -0.15) is 0 Å².